The van der Waals surface area contributed by atoms with E-state index in [4.69, 9.17) is 9.59 Å². The van der Waals surface area contributed by atoms with Crippen LogP contribution in [0.15, 0.2) is 48.5 Å². The molecule has 0 aliphatic heterocycles. The van der Waals surface area contributed by atoms with E-state index in [1.807, 2.05) is 0 Å². The monoisotopic (exact) mass is 450 g/mol. The number of benzene rings is 2. The van der Waals surface area contributed by atoms with Gasteiger partial charge in [0.2, 0.25) is 0 Å². The average Bonchev–Trinajstić information content (AvgIpc) is 2.78. The molecular formula is C15H9IO2Ru. The van der Waals surface area contributed by atoms with Gasteiger partial charge >= 0.3 is 93.6 Å². The molecule has 0 unspecified atom stereocenters. The molecule has 4 heteroatoms. The second-order valence-electron chi connectivity index (χ2n) is 3.52. The summed E-state index contributed by atoms with van der Waals surface area (Å²) in [4.78, 5) is 15.0. The molecule has 96 valence electrons. The standard InChI is InChI=1S/C13H9.2CO.HI.Ru/c1-3-7-12-10(5-1)9-11-6-2-4-8-13(11)12;2*1-2;;/h1-9H;;;1H;/q;;;;+1/p-1. The topological polar surface area (TPSA) is 34.1 Å². The number of hydrogen-bond donors (Lipinski definition) is 0. The molecule has 0 N–H and O–H groups in total. The van der Waals surface area contributed by atoms with E-state index in [1.54, 1.807) is 0 Å². The molecule has 0 saturated heterocycles. The van der Waals surface area contributed by atoms with Crippen LogP contribution in [0.4, 0.5) is 0 Å². The van der Waals surface area contributed by atoms with E-state index in [0.29, 0.717) is 4.51 Å². The van der Waals surface area contributed by atoms with Gasteiger partial charge in [0.25, 0.3) is 13.6 Å². The molecule has 0 amide bonds. The number of rotatable bonds is 0. The van der Waals surface area contributed by atoms with E-state index in [2.05, 4.69) is 80.4 Å². The molecule has 1 aliphatic rings. The van der Waals surface area contributed by atoms with Crippen molar-refractivity contribution >= 4 is 13.6 Å². The van der Waals surface area contributed by atoms with Gasteiger partial charge in [-0.3, -0.25) is 9.59 Å². The van der Waals surface area contributed by atoms with Gasteiger partial charge in [0.1, 0.15) is 0 Å². The molecule has 0 heterocycles. The van der Waals surface area contributed by atoms with Gasteiger partial charge in [-0.1, -0.05) is 0 Å². The minimum absolute atomic E-state index is 0. The van der Waals surface area contributed by atoms with Crippen molar-refractivity contribution in [3.05, 3.63) is 59.7 Å². The van der Waals surface area contributed by atoms with Gasteiger partial charge in [0, 0.05) is 0 Å². The van der Waals surface area contributed by atoms with E-state index in [-0.39, 0.29) is 24.0 Å². The molecule has 0 atom stereocenters. The fraction of sp³-hybridized carbons (Fsp3) is 0.0667. The summed E-state index contributed by atoms with van der Waals surface area (Å²) in [6.07, 6.45) is 0. The molecule has 3 rings (SSSR count). The SMILES string of the molecule is [C]=O.[C]=O.[I-].[Ru+][CH]1c2ccccc2-c2ccccc21. The van der Waals surface area contributed by atoms with Gasteiger partial charge in [0.05, 0.1) is 0 Å². The quantitative estimate of drug-likeness (QED) is 0.402. The molecule has 2 aromatic carbocycles. The van der Waals surface area contributed by atoms with E-state index in [9.17, 15) is 0 Å². The van der Waals surface area contributed by atoms with Crippen LogP contribution in [0.3, 0.4) is 0 Å². The zero-order valence-electron chi connectivity index (χ0n) is 9.74. The van der Waals surface area contributed by atoms with Crippen LogP contribution in [0, 0.1) is 0 Å². The molecule has 19 heavy (non-hydrogen) atoms. The number of halogens is 1. The zero-order chi connectivity index (χ0) is 13.5. The van der Waals surface area contributed by atoms with E-state index in [0.717, 1.165) is 0 Å². The summed E-state index contributed by atoms with van der Waals surface area (Å²) in [7, 11) is 0. The van der Waals surface area contributed by atoms with Crippen LogP contribution >= 0.6 is 0 Å². The van der Waals surface area contributed by atoms with E-state index < -0.39 is 0 Å². The Morgan fingerprint density at radius 3 is 1.42 bits per heavy atom. The first-order valence-electron chi connectivity index (χ1n) is 5.09. The Kier molecular flexibility index (Phi) is 8.69. The van der Waals surface area contributed by atoms with Crippen molar-refractivity contribution in [1.29, 1.82) is 0 Å². The summed E-state index contributed by atoms with van der Waals surface area (Å²) >= 11 is 2.82. The van der Waals surface area contributed by atoms with Crippen molar-refractivity contribution in [3.63, 3.8) is 0 Å². The number of fused-ring (bicyclic) bond motifs is 3. The Balaban J connectivity index is 0.000000597. The van der Waals surface area contributed by atoms with Crippen molar-refractivity contribution in [1.82, 2.24) is 0 Å². The van der Waals surface area contributed by atoms with Gasteiger partial charge in [-0.2, -0.15) is 0 Å². The third-order valence-corrected chi connectivity index (χ3v) is 3.82. The van der Waals surface area contributed by atoms with E-state index in [1.165, 1.54) is 22.3 Å². The predicted octanol–water partition coefficient (Wildman–Crippen LogP) is -0.487. The van der Waals surface area contributed by atoms with Crippen molar-refractivity contribution in [3.8, 4) is 11.1 Å². The van der Waals surface area contributed by atoms with Gasteiger partial charge in [-0.15, -0.1) is 0 Å². The first-order valence-corrected chi connectivity index (χ1v) is 6.10. The molecule has 0 aromatic heterocycles. The Morgan fingerprint density at radius 1 is 0.737 bits per heavy atom. The third kappa shape index (κ3) is 3.57. The van der Waals surface area contributed by atoms with Crippen LogP contribution in [0.1, 0.15) is 15.6 Å². The van der Waals surface area contributed by atoms with Gasteiger partial charge in [-0.25, -0.2) is 0 Å². The Morgan fingerprint density at radius 2 is 1.05 bits per heavy atom. The Bertz CT molecular complexity index is 484. The van der Waals surface area contributed by atoms with Crippen molar-refractivity contribution in [2.75, 3.05) is 0 Å². The second-order valence-corrected chi connectivity index (χ2v) is 4.53. The van der Waals surface area contributed by atoms with Crippen LogP contribution in [0.5, 0.6) is 0 Å². The van der Waals surface area contributed by atoms with Crippen molar-refractivity contribution in [2.45, 2.75) is 4.51 Å². The van der Waals surface area contributed by atoms with E-state index >= 15 is 0 Å². The molecule has 2 nitrogen and oxygen atoms in total. The minimum atomic E-state index is 0. The number of carbonyl (C=O) groups excluding carboxylic acids is 2. The number of hydrogen-bond acceptors (Lipinski definition) is 2. The maximum atomic E-state index is 7.50. The molecule has 0 saturated carbocycles. The first kappa shape index (κ1) is 18.1. The van der Waals surface area contributed by atoms with Gasteiger partial charge < -0.3 is 24.0 Å². The summed E-state index contributed by atoms with van der Waals surface area (Å²) in [5.74, 6) is 0. The molecule has 2 aromatic rings. The Labute approximate surface area is 140 Å². The first-order chi connectivity index (χ1) is 8.88. The summed E-state index contributed by atoms with van der Waals surface area (Å²) in [5.41, 5.74) is 5.66. The van der Waals surface area contributed by atoms with Gasteiger partial charge in [0.15, 0.2) is 0 Å². The fourth-order valence-electron chi connectivity index (χ4n) is 2.08. The second kappa shape index (κ2) is 9.10. The van der Waals surface area contributed by atoms with Crippen LogP contribution in [-0.4, -0.2) is 13.6 Å². The van der Waals surface area contributed by atoms with Gasteiger partial charge in [-0.05, 0) is 0 Å². The fourth-order valence-corrected chi connectivity index (χ4v) is 2.96. The maximum absolute atomic E-state index is 7.50. The summed E-state index contributed by atoms with van der Waals surface area (Å²) < 4.78 is 0.488. The average molecular weight is 449 g/mol. The third-order valence-electron chi connectivity index (χ3n) is 2.74. The van der Waals surface area contributed by atoms with Crippen LogP contribution in [-0.2, 0) is 27.9 Å². The molecule has 0 bridgehead atoms. The van der Waals surface area contributed by atoms with Crippen molar-refractivity contribution in [2.24, 2.45) is 0 Å². The summed E-state index contributed by atoms with van der Waals surface area (Å²) in [6.45, 7) is 9.00. The molecule has 0 fully saturated rings. The Hall–Kier alpha value is -0.867. The normalized spacial score (nSPS) is 10.6. The summed E-state index contributed by atoms with van der Waals surface area (Å²) in [5, 5.41) is 0. The molecule has 0 spiro atoms. The zero-order valence-corrected chi connectivity index (χ0v) is 13.6. The van der Waals surface area contributed by atoms with Crippen LogP contribution in [0.2, 0.25) is 0 Å². The molecule has 1 aliphatic carbocycles. The molecule has 4 radical (unpaired) electrons. The molecular weight excluding hydrogens is 440 g/mol. The van der Waals surface area contributed by atoms with Crippen LogP contribution in [0.25, 0.3) is 11.1 Å². The summed E-state index contributed by atoms with van der Waals surface area (Å²) in [6, 6.07) is 17.3. The van der Waals surface area contributed by atoms with Crippen molar-refractivity contribution < 1.29 is 51.9 Å². The predicted molar refractivity (Wildman–Crippen MR) is 65.1 cm³/mol. The van der Waals surface area contributed by atoms with Crippen LogP contribution < -0.4 is 24.0 Å².